The van der Waals surface area contributed by atoms with Gasteiger partial charge >= 0.3 is 0 Å². The molecular formula is C68H132N12. The maximum Gasteiger partial charge on any atom is 0.0725 e. The summed E-state index contributed by atoms with van der Waals surface area (Å²) in [6, 6.07) is 0. The summed E-state index contributed by atoms with van der Waals surface area (Å²) in [6.07, 6.45) is 49.4. The highest BCUT2D eigenvalue weighted by Crippen LogP contribution is 2.17. The van der Waals surface area contributed by atoms with Crippen LogP contribution in [0, 0.1) is 47.3 Å². The average molecular weight is 1120 g/mol. The Hall–Kier alpha value is -3.44. The third-order valence-electron chi connectivity index (χ3n) is 15.3. The van der Waals surface area contributed by atoms with Gasteiger partial charge in [-0.1, -0.05) is 247 Å². The minimum atomic E-state index is 0.730. The van der Waals surface area contributed by atoms with E-state index in [1.54, 1.807) is 0 Å². The SMILES string of the molecule is CC(C)CCCCCCCc1cnnn1CCC(C)C.CC(C)CCCCCCCc1cnnn1CCC(C)C.CC(C)CCCCCCc1cnnn1CCCC(C)C.CC(C)CCCCCCc1cnnn1CCCC(C)C. The molecule has 0 unspecified atom stereocenters. The Morgan fingerprint density at radius 2 is 0.412 bits per heavy atom. The lowest BCUT2D eigenvalue weighted by molar-refractivity contribution is 0.462. The second-order valence-corrected chi connectivity index (χ2v) is 27.3. The third kappa shape index (κ3) is 43.3. The van der Waals surface area contributed by atoms with E-state index in [9.17, 15) is 0 Å². The van der Waals surface area contributed by atoms with Crippen LogP contribution < -0.4 is 0 Å². The normalized spacial score (nSPS) is 11.7. The van der Waals surface area contributed by atoms with Gasteiger partial charge in [0.15, 0.2) is 0 Å². The highest BCUT2D eigenvalue weighted by Gasteiger charge is 2.09. The molecule has 0 N–H and O–H groups in total. The van der Waals surface area contributed by atoms with E-state index in [2.05, 4.69) is 171 Å². The summed E-state index contributed by atoms with van der Waals surface area (Å²) >= 11 is 0. The Morgan fingerprint density at radius 1 is 0.225 bits per heavy atom. The second-order valence-electron chi connectivity index (χ2n) is 27.3. The van der Waals surface area contributed by atoms with E-state index in [1.807, 2.05) is 24.8 Å². The van der Waals surface area contributed by atoms with Crippen molar-refractivity contribution < 1.29 is 0 Å². The van der Waals surface area contributed by atoms with E-state index < -0.39 is 0 Å². The summed E-state index contributed by atoms with van der Waals surface area (Å²) < 4.78 is 8.41. The molecule has 12 nitrogen and oxygen atoms in total. The molecule has 464 valence electrons. The van der Waals surface area contributed by atoms with Crippen LogP contribution in [-0.2, 0) is 51.9 Å². The molecule has 0 radical (unpaired) electrons. The van der Waals surface area contributed by atoms with Gasteiger partial charge in [-0.2, -0.15) is 0 Å². The van der Waals surface area contributed by atoms with Crippen molar-refractivity contribution in [2.75, 3.05) is 0 Å². The summed E-state index contributed by atoms with van der Waals surface area (Å²) in [5, 5.41) is 33.1. The lowest BCUT2D eigenvalue weighted by Gasteiger charge is -2.08. The Labute approximate surface area is 495 Å². The fraction of sp³-hybridized carbons (Fsp3) is 0.882. The zero-order chi connectivity index (χ0) is 59.2. The highest BCUT2D eigenvalue weighted by molar-refractivity contribution is 4.96. The van der Waals surface area contributed by atoms with Crippen LogP contribution in [-0.4, -0.2) is 60.0 Å². The van der Waals surface area contributed by atoms with Gasteiger partial charge < -0.3 is 0 Å². The molecule has 4 rings (SSSR count). The Bertz CT molecular complexity index is 1780. The van der Waals surface area contributed by atoms with Gasteiger partial charge in [0.25, 0.3) is 0 Å². The fourth-order valence-electron chi connectivity index (χ4n) is 9.91. The first kappa shape index (κ1) is 74.6. The van der Waals surface area contributed by atoms with E-state index >= 15 is 0 Å². The van der Waals surface area contributed by atoms with Crippen LogP contribution >= 0.6 is 0 Å². The van der Waals surface area contributed by atoms with Crippen LogP contribution in [0.3, 0.4) is 0 Å². The molecule has 0 saturated carbocycles. The van der Waals surface area contributed by atoms with Crippen molar-refractivity contribution in [1.82, 2.24) is 60.0 Å². The number of aromatic nitrogens is 12. The molecule has 0 spiro atoms. The largest absolute Gasteiger partial charge is 0.249 e. The van der Waals surface area contributed by atoms with Crippen LogP contribution in [0.5, 0.6) is 0 Å². The van der Waals surface area contributed by atoms with Gasteiger partial charge in [0, 0.05) is 26.2 Å². The zero-order valence-corrected chi connectivity index (χ0v) is 55.8. The maximum absolute atomic E-state index is 4.22. The zero-order valence-electron chi connectivity index (χ0n) is 55.8. The smallest absolute Gasteiger partial charge is 0.0725 e. The lowest BCUT2D eigenvalue weighted by atomic mass is 10.0. The molecule has 0 atom stereocenters. The van der Waals surface area contributed by atoms with Gasteiger partial charge in [0.2, 0.25) is 0 Å². The number of hydrogen-bond acceptors (Lipinski definition) is 8. The van der Waals surface area contributed by atoms with Gasteiger partial charge in [-0.05, 0) is 137 Å². The molecule has 4 heterocycles. The minimum absolute atomic E-state index is 0.730. The van der Waals surface area contributed by atoms with Gasteiger partial charge in [0.1, 0.15) is 0 Å². The molecule has 4 aromatic heterocycles. The molecule has 0 aromatic carbocycles. The molecule has 0 saturated heterocycles. The second kappa shape index (κ2) is 49.0. The Kier molecular flexibility index (Phi) is 45.7. The Balaban J connectivity index is 0.000000533. The van der Waals surface area contributed by atoms with Crippen LogP contribution in [0.25, 0.3) is 0 Å². The first-order chi connectivity index (χ1) is 38.4. The van der Waals surface area contributed by atoms with Crippen molar-refractivity contribution >= 4 is 0 Å². The molecule has 80 heavy (non-hydrogen) atoms. The fourth-order valence-corrected chi connectivity index (χ4v) is 9.91. The minimum Gasteiger partial charge on any atom is -0.249 e. The van der Waals surface area contributed by atoms with Crippen molar-refractivity contribution in [2.24, 2.45) is 47.3 Å². The Morgan fingerprint density at radius 3 is 0.637 bits per heavy atom. The topological polar surface area (TPSA) is 123 Å². The predicted octanol–water partition coefficient (Wildman–Crippen LogP) is 19.5. The first-order valence-electron chi connectivity index (χ1n) is 33.9. The molecule has 0 bridgehead atoms. The lowest BCUT2D eigenvalue weighted by Crippen LogP contribution is -2.07. The summed E-state index contributed by atoms with van der Waals surface area (Å²) in [6.45, 7) is 40.7. The molecule has 0 fully saturated rings. The molecule has 4 aromatic rings. The third-order valence-corrected chi connectivity index (χ3v) is 15.3. The average Bonchev–Trinajstić information content (AvgIpc) is 4.24. The highest BCUT2D eigenvalue weighted by atomic mass is 15.4. The number of hydrogen-bond donors (Lipinski definition) is 0. The number of aryl methyl sites for hydroxylation is 8. The van der Waals surface area contributed by atoms with E-state index in [-0.39, 0.29) is 0 Å². The van der Waals surface area contributed by atoms with Crippen LogP contribution in [0.1, 0.15) is 313 Å². The maximum atomic E-state index is 4.22. The van der Waals surface area contributed by atoms with Crippen molar-refractivity contribution in [3.8, 4) is 0 Å². The van der Waals surface area contributed by atoms with Crippen LogP contribution in [0.2, 0.25) is 0 Å². The van der Waals surface area contributed by atoms with Crippen molar-refractivity contribution in [3.05, 3.63) is 47.6 Å². The van der Waals surface area contributed by atoms with E-state index in [4.69, 9.17) is 0 Å². The van der Waals surface area contributed by atoms with Crippen LogP contribution in [0.4, 0.5) is 0 Å². The molecule has 0 aliphatic carbocycles. The first-order valence-corrected chi connectivity index (χ1v) is 33.9. The van der Waals surface area contributed by atoms with E-state index in [0.717, 1.165) is 99.2 Å². The molecule has 0 aliphatic heterocycles. The summed E-state index contributed by atoms with van der Waals surface area (Å²) in [7, 11) is 0. The van der Waals surface area contributed by atoms with Crippen molar-refractivity contribution in [2.45, 2.75) is 342 Å². The number of rotatable bonds is 44. The van der Waals surface area contributed by atoms with Crippen molar-refractivity contribution in [1.29, 1.82) is 0 Å². The van der Waals surface area contributed by atoms with Crippen LogP contribution in [0.15, 0.2) is 24.8 Å². The van der Waals surface area contributed by atoms with E-state index in [1.165, 1.54) is 203 Å². The van der Waals surface area contributed by atoms with Gasteiger partial charge in [-0.3, -0.25) is 0 Å². The quantitative estimate of drug-likeness (QED) is 0.0401. The summed E-state index contributed by atoms with van der Waals surface area (Å²) in [5.74, 6) is 6.43. The predicted molar refractivity (Wildman–Crippen MR) is 343 cm³/mol. The molecule has 0 amide bonds. The monoisotopic (exact) mass is 1120 g/mol. The number of nitrogens with zero attached hydrogens (tertiary/aromatic N) is 12. The number of unbranched alkanes of at least 4 members (excludes halogenated alkanes) is 14. The molecular weight excluding hydrogens is 985 g/mol. The van der Waals surface area contributed by atoms with Crippen molar-refractivity contribution in [3.63, 3.8) is 0 Å². The summed E-state index contributed by atoms with van der Waals surface area (Å²) in [4.78, 5) is 0. The molecule has 12 heteroatoms. The standard InChI is InChI=1S/4C17H33N3/c2*1-15(2)10-7-5-6-8-12-17-14-18-19-20(17)13-9-11-16(3)4;2*1-15(2)10-8-6-5-7-9-11-17-14-18-19-20(17)13-12-16(3)4/h4*14-16H,5-13H2,1-4H3. The summed E-state index contributed by atoms with van der Waals surface area (Å²) in [5.41, 5.74) is 5.26. The van der Waals surface area contributed by atoms with Gasteiger partial charge in [0.05, 0.1) is 47.6 Å². The van der Waals surface area contributed by atoms with E-state index in [0.29, 0.717) is 0 Å². The molecule has 0 aliphatic rings. The van der Waals surface area contributed by atoms with Gasteiger partial charge in [-0.15, -0.1) is 20.4 Å². The van der Waals surface area contributed by atoms with Gasteiger partial charge in [-0.25, -0.2) is 18.7 Å².